The van der Waals surface area contributed by atoms with Crippen LogP contribution in [0.2, 0.25) is 0 Å². The minimum atomic E-state index is 0.126. The molecule has 0 aromatic carbocycles. The molecule has 112 valence electrons. The molecule has 2 aromatic rings. The van der Waals surface area contributed by atoms with Crippen molar-refractivity contribution in [2.45, 2.75) is 33.4 Å². The second-order valence-corrected chi connectivity index (χ2v) is 6.11. The summed E-state index contributed by atoms with van der Waals surface area (Å²) < 4.78 is 4.19. The van der Waals surface area contributed by atoms with Crippen LogP contribution >= 0.6 is 0 Å². The highest BCUT2D eigenvalue weighted by Crippen LogP contribution is 2.24. The topological polar surface area (TPSA) is 43.1 Å². The van der Waals surface area contributed by atoms with Gasteiger partial charge < -0.3 is 4.57 Å². The molecule has 0 N–H and O–H groups in total. The third kappa shape index (κ3) is 2.65. The van der Waals surface area contributed by atoms with E-state index in [-0.39, 0.29) is 5.78 Å². The number of likely N-dealkylation sites (tertiary alicyclic amines) is 1. The highest BCUT2D eigenvalue weighted by Gasteiger charge is 2.30. The summed E-state index contributed by atoms with van der Waals surface area (Å²) in [5.74, 6) is 0.126. The standard InChI is InChI=1S/C16H22N4O/c1-11-5-12(2)20(17-11)16-9-19(10-16)8-15-6-14(13(3)21)7-18(15)4/h5-7,16H,8-10H2,1-4H3. The van der Waals surface area contributed by atoms with Gasteiger partial charge in [-0.05, 0) is 32.9 Å². The summed E-state index contributed by atoms with van der Waals surface area (Å²) in [7, 11) is 2.00. The van der Waals surface area contributed by atoms with E-state index in [9.17, 15) is 4.79 Å². The van der Waals surface area contributed by atoms with Crippen LogP contribution in [0.3, 0.4) is 0 Å². The minimum Gasteiger partial charge on any atom is -0.353 e. The smallest absolute Gasteiger partial charge is 0.161 e. The molecule has 3 heterocycles. The number of ketones is 1. The van der Waals surface area contributed by atoms with Crippen LogP contribution in [0.25, 0.3) is 0 Å². The van der Waals surface area contributed by atoms with Gasteiger partial charge in [0.2, 0.25) is 0 Å². The van der Waals surface area contributed by atoms with Crippen LogP contribution in [0.5, 0.6) is 0 Å². The monoisotopic (exact) mass is 286 g/mol. The summed E-state index contributed by atoms with van der Waals surface area (Å²) in [6.07, 6.45) is 1.91. The molecule has 0 amide bonds. The Morgan fingerprint density at radius 1 is 1.33 bits per heavy atom. The third-order valence-corrected chi connectivity index (χ3v) is 4.23. The lowest BCUT2D eigenvalue weighted by Gasteiger charge is -2.39. The highest BCUT2D eigenvalue weighted by atomic mass is 16.1. The molecule has 5 nitrogen and oxygen atoms in total. The Morgan fingerprint density at radius 3 is 2.57 bits per heavy atom. The summed E-state index contributed by atoms with van der Waals surface area (Å²) in [6, 6.07) is 4.60. The average Bonchev–Trinajstić information content (AvgIpc) is 2.87. The second kappa shape index (κ2) is 5.15. The first kappa shape index (κ1) is 14.1. The summed E-state index contributed by atoms with van der Waals surface area (Å²) >= 11 is 0. The van der Waals surface area contributed by atoms with Crippen molar-refractivity contribution in [1.82, 2.24) is 19.2 Å². The lowest BCUT2D eigenvalue weighted by Crippen LogP contribution is -2.47. The van der Waals surface area contributed by atoms with Crippen molar-refractivity contribution in [2.75, 3.05) is 13.1 Å². The van der Waals surface area contributed by atoms with E-state index in [2.05, 4.69) is 27.7 Å². The van der Waals surface area contributed by atoms with Gasteiger partial charge in [-0.2, -0.15) is 5.10 Å². The van der Waals surface area contributed by atoms with Crippen LogP contribution in [0, 0.1) is 13.8 Å². The van der Waals surface area contributed by atoms with Crippen LogP contribution in [0.4, 0.5) is 0 Å². The van der Waals surface area contributed by atoms with Gasteiger partial charge in [-0.15, -0.1) is 0 Å². The molecule has 5 heteroatoms. The summed E-state index contributed by atoms with van der Waals surface area (Å²) in [4.78, 5) is 13.8. The molecule has 1 saturated heterocycles. The predicted octanol–water partition coefficient (Wildman–Crippen LogP) is 2.10. The van der Waals surface area contributed by atoms with Crippen LogP contribution in [0.1, 0.15) is 40.4 Å². The molecule has 0 spiro atoms. The summed E-state index contributed by atoms with van der Waals surface area (Å²) in [5.41, 5.74) is 4.30. The van der Waals surface area contributed by atoms with E-state index in [1.165, 1.54) is 11.4 Å². The van der Waals surface area contributed by atoms with Crippen LogP contribution in [-0.2, 0) is 13.6 Å². The van der Waals surface area contributed by atoms with Crippen LogP contribution in [-0.4, -0.2) is 38.1 Å². The lowest BCUT2D eigenvalue weighted by molar-refractivity contribution is 0.0871. The zero-order valence-corrected chi connectivity index (χ0v) is 13.1. The Kier molecular flexibility index (Phi) is 3.45. The average molecular weight is 286 g/mol. The molecule has 0 radical (unpaired) electrons. The number of carbonyl (C=O) groups is 1. The molecular weight excluding hydrogens is 264 g/mol. The van der Waals surface area contributed by atoms with Crippen LogP contribution < -0.4 is 0 Å². The van der Waals surface area contributed by atoms with Gasteiger partial charge >= 0.3 is 0 Å². The Bertz CT molecular complexity index is 677. The lowest BCUT2D eigenvalue weighted by atomic mass is 10.1. The number of carbonyl (C=O) groups excluding carboxylic acids is 1. The number of hydrogen-bond acceptors (Lipinski definition) is 3. The molecule has 1 aliphatic rings. The van der Waals surface area contributed by atoms with Crippen molar-refractivity contribution in [3.05, 3.63) is 41.0 Å². The van der Waals surface area contributed by atoms with E-state index >= 15 is 0 Å². The Labute approximate surface area is 125 Å². The summed E-state index contributed by atoms with van der Waals surface area (Å²) in [6.45, 7) is 8.68. The van der Waals surface area contributed by atoms with Gasteiger partial charge in [-0.1, -0.05) is 0 Å². The SMILES string of the molecule is CC(=O)c1cc(CN2CC(n3nc(C)cc3C)C2)n(C)c1. The maximum Gasteiger partial charge on any atom is 0.161 e. The molecule has 2 aromatic heterocycles. The van der Waals surface area contributed by atoms with Gasteiger partial charge in [-0.25, -0.2) is 0 Å². The van der Waals surface area contributed by atoms with Gasteiger partial charge in [0.05, 0.1) is 11.7 Å². The zero-order valence-electron chi connectivity index (χ0n) is 13.1. The number of aromatic nitrogens is 3. The molecule has 1 aliphatic heterocycles. The fourth-order valence-corrected chi connectivity index (χ4v) is 3.03. The quantitative estimate of drug-likeness (QED) is 0.808. The van der Waals surface area contributed by atoms with E-state index in [4.69, 9.17) is 0 Å². The Balaban J connectivity index is 1.62. The fourth-order valence-electron chi connectivity index (χ4n) is 3.03. The van der Waals surface area contributed by atoms with Gasteiger partial charge in [0, 0.05) is 49.8 Å². The van der Waals surface area contributed by atoms with Crippen molar-refractivity contribution >= 4 is 5.78 Å². The molecule has 0 bridgehead atoms. The molecular formula is C16H22N4O. The van der Waals surface area contributed by atoms with Gasteiger partial charge in [0.1, 0.15) is 0 Å². The zero-order chi connectivity index (χ0) is 15.1. The van der Waals surface area contributed by atoms with Crippen LogP contribution in [0.15, 0.2) is 18.3 Å². The second-order valence-electron chi connectivity index (χ2n) is 6.11. The van der Waals surface area contributed by atoms with Crippen molar-refractivity contribution < 1.29 is 4.79 Å². The van der Waals surface area contributed by atoms with E-state index < -0.39 is 0 Å². The number of hydrogen-bond donors (Lipinski definition) is 0. The summed E-state index contributed by atoms with van der Waals surface area (Å²) in [5, 5.41) is 4.56. The molecule has 3 rings (SSSR count). The first-order chi connectivity index (χ1) is 9.94. The first-order valence-electron chi connectivity index (χ1n) is 7.35. The number of Topliss-reactive ketones (excluding diaryl/α,β-unsaturated/α-hetero) is 1. The molecule has 0 unspecified atom stereocenters. The Hall–Kier alpha value is -1.88. The Morgan fingerprint density at radius 2 is 2.05 bits per heavy atom. The number of nitrogens with zero attached hydrogens (tertiary/aromatic N) is 4. The third-order valence-electron chi connectivity index (χ3n) is 4.23. The van der Waals surface area contributed by atoms with Crippen molar-refractivity contribution in [3.8, 4) is 0 Å². The number of rotatable bonds is 4. The highest BCUT2D eigenvalue weighted by molar-refractivity contribution is 5.94. The van der Waals surface area contributed by atoms with Gasteiger partial charge in [-0.3, -0.25) is 14.4 Å². The van der Waals surface area contributed by atoms with Gasteiger partial charge in [0.25, 0.3) is 0 Å². The van der Waals surface area contributed by atoms with E-state index in [1.807, 2.05) is 30.8 Å². The predicted molar refractivity (Wildman–Crippen MR) is 81.4 cm³/mol. The van der Waals surface area contributed by atoms with Gasteiger partial charge in [0.15, 0.2) is 5.78 Å². The van der Waals surface area contributed by atoms with Crippen molar-refractivity contribution in [3.63, 3.8) is 0 Å². The van der Waals surface area contributed by atoms with E-state index in [0.717, 1.165) is 30.9 Å². The molecule has 0 aliphatic carbocycles. The van der Waals surface area contributed by atoms with E-state index in [1.54, 1.807) is 6.92 Å². The minimum absolute atomic E-state index is 0.126. The molecule has 21 heavy (non-hydrogen) atoms. The fraction of sp³-hybridized carbons (Fsp3) is 0.500. The van der Waals surface area contributed by atoms with Crippen molar-refractivity contribution in [2.24, 2.45) is 7.05 Å². The molecule has 0 saturated carbocycles. The normalized spacial score (nSPS) is 16.2. The van der Waals surface area contributed by atoms with E-state index in [0.29, 0.717) is 6.04 Å². The first-order valence-corrected chi connectivity index (χ1v) is 7.35. The van der Waals surface area contributed by atoms with Crippen molar-refractivity contribution in [1.29, 1.82) is 0 Å². The molecule has 1 fully saturated rings. The number of aryl methyl sites for hydroxylation is 3. The maximum atomic E-state index is 11.4. The maximum absolute atomic E-state index is 11.4. The molecule has 0 atom stereocenters. The largest absolute Gasteiger partial charge is 0.353 e.